The zero-order valence-electron chi connectivity index (χ0n) is 17.0. The third-order valence-electron chi connectivity index (χ3n) is 5.36. The Morgan fingerprint density at radius 3 is 2.66 bits per heavy atom. The van der Waals surface area contributed by atoms with Crippen LogP contribution in [0.1, 0.15) is 37.2 Å². The molecule has 0 spiro atoms. The molecule has 0 amide bonds. The maximum Gasteiger partial charge on any atom is 0.452 e. The maximum absolute atomic E-state index is 12.7. The first-order valence-corrected chi connectivity index (χ1v) is 12.4. The maximum atomic E-state index is 12.7. The lowest BCUT2D eigenvalue weighted by Gasteiger charge is -2.27. The van der Waals surface area contributed by atoms with E-state index in [2.05, 4.69) is 19.3 Å². The quantitative estimate of drug-likeness (QED) is 0.467. The molecule has 32 heavy (non-hydrogen) atoms. The molecule has 0 radical (unpaired) electrons. The lowest BCUT2D eigenvalue weighted by atomic mass is 10.2. The van der Waals surface area contributed by atoms with Crippen LogP contribution in [0.3, 0.4) is 0 Å². The van der Waals surface area contributed by atoms with Gasteiger partial charge in [0.2, 0.25) is 15.8 Å². The Balaban J connectivity index is 1.39. The average molecular weight is 490 g/mol. The molecule has 0 saturated heterocycles. The highest BCUT2D eigenvalue weighted by Crippen LogP contribution is 2.35. The van der Waals surface area contributed by atoms with Gasteiger partial charge in [-0.25, -0.2) is 13.1 Å². The minimum absolute atomic E-state index is 0.00232. The Bertz CT molecular complexity index is 1120. The van der Waals surface area contributed by atoms with E-state index in [1.165, 1.54) is 12.1 Å². The number of hydrogen-bond donors (Lipinski definition) is 1. The van der Waals surface area contributed by atoms with Crippen LogP contribution < -0.4 is 4.72 Å². The van der Waals surface area contributed by atoms with Gasteiger partial charge < -0.3 is 8.94 Å². The Hall–Kier alpha value is -2.15. The summed E-state index contributed by atoms with van der Waals surface area (Å²) >= 11 is 0.836. The second-order valence-electron chi connectivity index (χ2n) is 7.58. The number of halogens is 3. The predicted molar refractivity (Wildman–Crippen MR) is 111 cm³/mol. The summed E-state index contributed by atoms with van der Waals surface area (Å²) in [5, 5.41) is 3.40. The van der Waals surface area contributed by atoms with Gasteiger partial charge in [-0.2, -0.15) is 13.2 Å². The van der Waals surface area contributed by atoms with Crippen molar-refractivity contribution in [1.29, 1.82) is 0 Å². The Morgan fingerprint density at radius 2 is 2.00 bits per heavy atom. The fourth-order valence-electron chi connectivity index (χ4n) is 3.78. The molecule has 3 heterocycles. The number of thiophene rings is 1. The van der Waals surface area contributed by atoms with E-state index in [-0.39, 0.29) is 21.3 Å². The highest BCUT2D eigenvalue weighted by molar-refractivity contribution is 7.91. The zero-order chi connectivity index (χ0) is 22.8. The zero-order valence-corrected chi connectivity index (χ0v) is 18.6. The van der Waals surface area contributed by atoms with Crippen molar-refractivity contribution in [1.82, 2.24) is 14.8 Å². The number of hydrogen-bond acceptors (Lipinski definition) is 7. The minimum Gasteiger partial charge on any atom is -0.468 e. The van der Waals surface area contributed by atoms with E-state index in [1.54, 1.807) is 6.26 Å². The van der Waals surface area contributed by atoms with Crippen molar-refractivity contribution in [3.63, 3.8) is 0 Å². The molecule has 12 heteroatoms. The molecular formula is C20H22F3N3O4S2. The average Bonchev–Trinajstić information content (AvgIpc) is 3.54. The van der Waals surface area contributed by atoms with Crippen molar-refractivity contribution < 1.29 is 30.5 Å². The van der Waals surface area contributed by atoms with Crippen molar-refractivity contribution in [3.05, 3.63) is 48.1 Å². The van der Waals surface area contributed by atoms with Gasteiger partial charge in [-0.05, 0) is 37.1 Å². The van der Waals surface area contributed by atoms with Crippen molar-refractivity contribution in [2.75, 3.05) is 13.1 Å². The molecule has 1 N–H and O–H groups in total. The number of aromatic nitrogens is 1. The number of alkyl halides is 3. The summed E-state index contributed by atoms with van der Waals surface area (Å²) in [6.45, 7) is 1.33. The Labute approximate surface area is 187 Å². The van der Waals surface area contributed by atoms with E-state index in [0.717, 1.165) is 48.8 Å². The monoisotopic (exact) mass is 489 g/mol. The van der Waals surface area contributed by atoms with Gasteiger partial charge in [0, 0.05) is 25.2 Å². The van der Waals surface area contributed by atoms with E-state index in [1.807, 2.05) is 12.1 Å². The Kier molecular flexibility index (Phi) is 6.75. The fourth-order valence-corrected chi connectivity index (χ4v) is 6.11. The first-order valence-electron chi connectivity index (χ1n) is 10.1. The third-order valence-corrected chi connectivity index (χ3v) is 8.42. The van der Waals surface area contributed by atoms with Gasteiger partial charge in [0.1, 0.15) is 15.7 Å². The van der Waals surface area contributed by atoms with Crippen LogP contribution in [0.15, 0.2) is 49.7 Å². The minimum atomic E-state index is -4.65. The van der Waals surface area contributed by atoms with Crippen LogP contribution in [-0.4, -0.2) is 37.6 Å². The standard InChI is InChI=1S/C20H22F3N3O4S2/c21-20(22,23)18-12-16(25-30-18)17-7-8-19(31-17)32(27,28)24-9-10-26(14-4-1-2-5-14)13-15-6-3-11-29-15/h3,6-8,11-12,14,24H,1-2,4-5,9-10,13H2. The molecule has 3 aromatic rings. The first-order chi connectivity index (χ1) is 15.2. The molecule has 1 fully saturated rings. The molecule has 0 aliphatic heterocycles. The van der Waals surface area contributed by atoms with E-state index >= 15 is 0 Å². The van der Waals surface area contributed by atoms with Crippen LogP contribution in [0.2, 0.25) is 0 Å². The van der Waals surface area contributed by atoms with E-state index in [4.69, 9.17) is 4.42 Å². The molecular weight excluding hydrogens is 467 g/mol. The molecule has 1 aliphatic carbocycles. The summed E-state index contributed by atoms with van der Waals surface area (Å²) < 4.78 is 75.9. The topological polar surface area (TPSA) is 88.6 Å². The number of nitrogens with zero attached hydrogens (tertiary/aromatic N) is 2. The van der Waals surface area contributed by atoms with Crippen molar-refractivity contribution in [3.8, 4) is 10.6 Å². The largest absolute Gasteiger partial charge is 0.468 e. The van der Waals surface area contributed by atoms with Gasteiger partial charge in [-0.1, -0.05) is 18.0 Å². The van der Waals surface area contributed by atoms with Gasteiger partial charge in [-0.15, -0.1) is 11.3 Å². The van der Waals surface area contributed by atoms with Gasteiger partial charge >= 0.3 is 6.18 Å². The number of furan rings is 1. The van der Waals surface area contributed by atoms with Crippen LogP contribution in [0.4, 0.5) is 13.2 Å². The van der Waals surface area contributed by atoms with Gasteiger partial charge in [0.25, 0.3) is 0 Å². The first kappa shape index (κ1) is 23.0. The Morgan fingerprint density at radius 1 is 1.22 bits per heavy atom. The molecule has 0 unspecified atom stereocenters. The number of sulfonamides is 1. The fraction of sp³-hybridized carbons (Fsp3) is 0.450. The van der Waals surface area contributed by atoms with Gasteiger partial charge in [-0.3, -0.25) is 4.90 Å². The second kappa shape index (κ2) is 9.38. The summed E-state index contributed by atoms with van der Waals surface area (Å²) in [5.41, 5.74) is -0.0605. The smallest absolute Gasteiger partial charge is 0.452 e. The molecule has 1 saturated carbocycles. The van der Waals surface area contributed by atoms with Crippen molar-refractivity contribution >= 4 is 21.4 Å². The normalized spacial score (nSPS) is 15.8. The van der Waals surface area contributed by atoms with E-state index < -0.39 is 22.0 Å². The molecule has 0 bridgehead atoms. The third kappa shape index (κ3) is 5.42. The van der Waals surface area contributed by atoms with Crippen molar-refractivity contribution in [2.45, 2.75) is 48.7 Å². The van der Waals surface area contributed by atoms with E-state index in [0.29, 0.717) is 19.1 Å². The predicted octanol–water partition coefficient (Wildman–Crippen LogP) is 4.74. The molecule has 3 aromatic heterocycles. The highest BCUT2D eigenvalue weighted by Gasteiger charge is 2.36. The van der Waals surface area contributed by atoms with Gasteiger partial charge in [0.05, 0.1) is 17.7 Å². The molecule has 174 valence electrons. The van der Waals surface area contributed by atoms with E-state index in [9.17, 15) is 21.6 Å². The SMILES string of the molecule is O=S(=O)(NCCN(Cc1ccco1)C1CCCC1)c1ccc(-c2cc(C(F)(F)F)on2)s1. The second-order valence-corrected chi connectivity index (χ2v) is 10.7. The van der Waals surface area contributed by atoms with Crippen LogP contribution in [-0.2, 0) is 22.7 Å². The lowest BCUT2D eigenvalue weighted by molar-refractivity contribution is -0.155. The molecule has 7 nitrogen and oxygen atoms in total. The summed E-state index contributed by atoms with van der Waals surface area (Å²) in [5.74, 6) is -0.402. The summed E-state index contributed by atoms with van der Waals surface area (Å²) in [4.78, 5) is 2.50. The van der Waals surface area contributed by atoms with Crippen molar-refractivity contribution in [2.24, 2.45) is 0 Å². The van der Waals surface area contributed by atoms with Crippen LogP contribution in [0, 0.1) is 0 Å². The summed E-state index contributed by atoms with van der Waals surface area (Å²) in [7, 11) is -3.81. The summed E-state index contributed by atoms with van der Waals surface area (Å²) in [6, 6.07) is 7.62. The van der Waals surface area contributed by atoms with Gasteiger partial charge in [0.15, 0.2) is 0 Å². The molecule has 0 atom stereocenters. The number of rotatable bonds is 9. The number of nitrogens with one attached hydrogen (secondary N) is 1. The van der Waals surface area contributed by atoms with Crippen LogP contribution in [0.25, 0.3) is 10.6 Å². The highest BCUT2D eigenvalue weighted by atomic mass is 32.2. The van der Waals surface area contributed by atoms with Crippen LogP contribution in [0.5, 0.6) is 0 Å². The molecule has 0 aromatic carbocycles. The molecule has 4 rings (SSSR count). The molecule has 1 aliphatic rings. The van der Waals surface area contributed by atoms with Crippen LogP contribution >= 0.6 is 11.3 Å². The summed E-state index contributed by atoms with van der Waals surface area (Å²) in [6.07, 6.45) is 1.41. The lowest BCUT2D eigenvalue weighted by Crippen LogP contribution is -2.39.